The van der Waals surface area contributed by atoms with Gasteiger partial charge in [-0.2, -0.15) is 0 Å². The number of halogens is 3. The van der Waals surface area contributed by atoms with Gasteiger partial charge in [0.2, 0.25) is 0 Å². The van der Waals surface area contributed by atoms with Crippen molar-refractivity contribution in [3.05, 3.63) is 0 Å². The van der Waals surface area contributed by atoms with E-state index >= 15 is 0 Å². The van der Waals surface area contributed by atoms with Gasteiger partial charge in [0, 0.05) is 0 Å². The van der Waals surface area contributed by atoms with E-state index in [2.05, 4.69) is 63.6 Å². The molecule has 0 atom stereocenters. The van der Waals surface area contributed by atoms with Crippen LogP contribution in [-0.4, -0.2) is 1.12 Å². The Balaban J connectivity index is 3.02. The summed E-state index contributed by atoms with van der Waals surface area (Å²) in [4.78, 5) is 0. The minimum absolute atomic E-state index is 1.01. The zero-order chi connectivity index (χ0) is 4.50. The molecule has 0 N–H and O–H groups in total. The van der Waals surface area contributed by atoms with Gasteiger partial charge >= 0.3 is 0 Å². The predicted molar refractivity (Wildman–Crippen MR) is 51.0 cm³/mol. The molecule has 0 rings (SSSR count). The summed E-state index contributed by atoms with van der Waals surface area (Å²) < 4.78 is 5.97. The third kappa shape index (κ3) is 8.82. The second-order valence-electron chi connectivity index (χ2n) is 0.175. The molecule has 0 nitrogen and oxygen atoms in total. The monoisotopic (exact) mass is 416 g/mol. The smallest absolute Gasteiger partial charge is 0.0899 e. The van der Waals surface area contributed by atoms with Gasteiger partial charge in [-0.1, -0.05) is 2.31 Å². The largest absolute Gasteiger partial charge is 0.114 e. The van der Waals surface area contributed by atoms with Crippen LogP contribution in [-0.2, 0) is 0 Å². The van der Waals surface area contributed by atoms with E-state index in [1.807, 2.05) is 0 Å². The van der Waals surface area contributed by atoms with Crippen molar-refractivity contribution in [2.75, 3.05) is 0 Å². The van der Waals surface area contributed by atoms with Crippen molar-refractivity contribution in [2.24, 2.45) is 0 Å². The maximum atomic E-state index is 6.98. The van der Waals surface area contributed by atoms with Crippen LogP contribution in [0.15, 0.2) is 0 Å². The molecule has 0 unspecified atom stereocenters. The first kappa shape index (κ1) is 4.69. The molecule has 0 aromatic carbocycles. The fourth-order valence-electron chi connectivity index (χ4n) is 0. The lowest BCUT2D eigenvalue weighted by Gasteiger charge is -1.78. The van der Waals surface area contributed by atoms with Crippen molar-refractivity contribution in [3.8, 4) is 0 Å². The van der Waals surface area contributed by atoms with Crippen LogP contribution < -0.4 is 0 Å². The fraction of sp³-hybridized carbons (Fsp3) is 0. The summed E-state index contributed by atoms with van der Waals surface area (Å²) in [6.07, 6.45) is 0. The molecule has 4 heavy (non-hydrogen) atoms. The molecule has 0 spiro atoms. The van der Waals surface area contributed by atoms with Crippen molar-refractivity contribution in [3.63, 3.8) is 0 Å². The number of rotatable bonds is 0. The molecular weight excluding hydrogens is 413 g/mol. The Bertz CT molecular complexity index is 22.4. The Morgan fingerprint density at radius 1 is 1.50 bits per heavy atom. The molecule has 0 bridgehead atoms. The van der Waals surface area contributed by atoms with E-state index in [-0.39, 0.29) is 0 Å². The van der Waals surface area contributed by atoms with Crippen LogP contribution in [0.3, 0.4) is 0 Å². The third-order valence-corrected chi connectivity index (χ3v) is 0. The van der Waals surface area contributed by atoms with E-state index in [1.54, 1.807) is 0 Å². The van der Waals surface area contributed by atoms with Crippen LogP contribution in [0, 0.1) is 0 Å². The van der Waals surface area contributed by atoms with Gasteiger partial charge in [-0.3, -0.25) is 0 Å². The molecule has 0 fully saturated rings. The second-order valence-corrected chi connectivity index (χ2v) is 23.6. The topological polar surface area (TPSA) is 0 Å². The van der Waals surface area contributed by atoms with Crippen LogP contribution >= 0.6 is 65.9 Å². The van der Waals surface area contributed by atoms with E-state index < -0.39 is 2.31 Å². The van der Waals surface area contributed by atoms with Crippen molar-refractivity contribution >= 4 is 65.9 Å². The van der Waals surface area contributed by atoms with Crippen LogP contribution in [0.1, 0.15) is 0 Å². The summed E-state index contributed by atoms with van der Waals surface area (Å²) in [5.74, 6) is 0. The summed E-state index contributed by atoms with van der Waals surface area (Å²) >= 11 is 6.30. The van der Waals surface area contributed by atoms with Crippen molar-refractivity contribution < 1.29 is 0 Å². The van der Waals surface area contributed by atoms with E-state index in [0.29, 0.717) is 0 Å². The van der Waals surface area contributed by atoms with Crippen LogP contribution in [0.4, 0.5) is 0 Å². The van der Waals surface area contributed by atoms with Gasteiger partial charge in [0.25, 0.3) is 0 Å². The molecule has 0 aliphatic rings. The zero-order valence-electron chi connectivity index (χ0n) is 2.54. The predicted octanol–water partition coefficient (Wildman–Crippen LogP) is 3.04. The van der Waals surface area contributed by atoms with Gasteiger partial charge in [0.15, 0.2) is 0 Å². The molecule has 0 radical (unpaired) electrons. The molecule has 4 heteroatoms. The van der Waals surface area contributed by atoms with Gasteiger partial charge in [-0.15, -0.1) is 0 Å². The van der Waals surface area contributed by atoms with Crippen molar-refractivity contribution in [1.82, 2.24) is 0 Å². The van der Waals surface area contributed by atoms with Crippen LogP contribution in [0.25, 0.3) is 0 Å². The summed E-state index contributed by atoms with van der Waals surface area (Å²) in [5, 5.41) is 0. The molecule has 0 saturated heterocycles. The summed E-state index contributed by atoms with van der Waals surface area (Å²) in [7, 11) is 0. The number of hydrogen-bond donors (Lipinski definition) is 1. The Labute approximate surface area is 65.7 Å². The minimum Gasteiger partial charge on any atom is -0.0899 e. The summed E-state index contributed by atoms with van der Waals surface area (Å²) in [5.41, 5.74) is 0. The first-order valence-corrected chi connectivity index (χ1v) is 9.32. The highest BCUT2D eigenvalue weighted by Gasteiger charge is 1.68. The zero-order valence-corrected chi connectivity index (χ0v) is 8.83. The Morgan fingerprint density at radius 3 is 1.50 bits per heavy atom. The molecule has 0 aromatic rings. The molecule has 0 amide bonds. The van der Waals surface area contributed by atoms with E-state index in [1.165, 1.54) is 0 Å². The maximum absolute atomic E-state index is 6.98. The van der Waals surface area contributed by atoms with Gasteiger partial charge in [0.1, 0.15) is 1.12 Å². The lowest BCUT2D eigenvalue weighted by Crippen LogP contribution is -0.968. The standard InChI is InChI=1S/HI3S/c1-4(2)3/h4H/i4T. The highest BCUT2D eigenvalue weighted by Crippen LogP contribution is 2.50. The Morgan fingerprint density at radius 2 is 1.50 bits per heavy atom. The highest BCUT2D eigenvalue weighted by molar-refractivity contribution is 14.5. The Hall–Kier alpha value is 2.54. The van der Waals surface area contributed by atoms with Gasteiger partial charge in [-0.05, 0) is 63.6 Å². The minimum atomic E-state index is -1.01. The van der Waals surface area contributed by atoms with Crippen molar-refractivity contribution in [1.29, 1.82) is 1.12 Å². The summed E-state index contributed by atoms with van der Waals surface area (Å²) in [6.45, 7) is 0. The maximum Gasteiger partial charge on any atom is 0.114 e. The highest BCUT2D eigenvalue weighted by atomic mass is 127. The van der Waals surface area contributed by atoms with E-state index in [4.69, 9.17) is 1.12 Å². The second kappa shape index (κ2) is 3.72. The normalized spacial score (nSPS) is 19.2. The lowest BCUT2D eigenvalue weighted by atomic mass is 32.0. The van der Waals surface area contributed by atoms with Gasteiger partial charge < -0.3 is 0 Å². The summed E-state index contributed by atoms with van der Waals surface area (Å²) in [6, 6.07) is 0. The number of hydrogen-bond acceptors (Lipinski definition) is 0. The van der Waals surface area contributed by atoms with Crippen LogP contribution in [0.5, 0.6) is 0 Å². The average Bonchev–Trinajstić information content (AvgIpc) is 0.722. The lowest BCUT2D eigenvalue weighted by molar-refractivity contribution is 7.15. The first-order valence-electron chi connectivity index (χ1n) is 0.871. The molecule has 0 heterocycles. The van der Waals surface area contributed by atoms with E-state index in [0.717, 1.165) is 0 Å². The molecular formula is HI3S. The third-order valence-electron chi connectivity index (χ3n) is 0. The molecule has 0 aromatic heterocycles. The Kier molecular flexibility index (Phi) is 4.36. The molecule has 28 valence electrons. The fourth-order valence-corrected chi connectivity index (χ4v) is 0. The van der Waals surface area contributed by atoms with Crippen molar-refractivity contribution in [2.45, 2.75) is 0 Å². The average molecular weight is 416 g/mol. The quantitative estimate of drug-likeness (QED) is 0.456. The van der Waals surface area contributed by atoms with E-state index in [9.17, 15) is 0 Å². The molecule has 0 aliphatic carbocycles. The van der Waals surface area contributed by atoms with Gasteiger partial charge in [-0.25, -0.2) is 0 Å². The molecule has 0 aliphatic heterocycles. The SMILES string of the molecule is [3H]S(I)(I)I. The first-order chi connectivity index (χ1) is 2.00. The number of thiol groups is 1. The van der Waals surface area contributed by atoms with Gasteiger partial charge in [0.05, 0.1) is 0 Å². The molecule has 0 saturated carbocycles. The van der Waals surface area contributed by atoms with Crippen LogP contribution in [0.2, 0.25) is 0 Å².